The van der Waals surface area contributed by atoms with Crippen LogP contribution in [0.3, 0.4) is 0 Å². The van der Waals surface area contributed by atoms with Crippen molar-refractivity contribution in [2.45, 2.75) is 6.04 Å². The van der Waals surface area contributed by atoms with Crippen molar-refractivity contribution in [1.29, 1.82) is 0 Å². The molecule has 0 saturated carbocycles. The summed E-state index contributed by atoms with van der Waals surface area (Å²) in [6, 6.07) is 9.46. The van der Waals surface area contributed by atoms with Crippen LogP contribution in [0, 0.1) is 5.82 Å². The zero-order valence-corrected chi connectivity index (χ0v) is 9.51. The molecule has 0 saturated heterocycles. The molecule has 0 aliphatic heterocycles. The summed E-state index contributed by atoms with van der Waals surface area (Å²) >= 11 is 0. The van der Waals surface area contributed by atoms with Crippen molar-refractivity contribution >= 4 is 11.0 Å². The maximum Gasteiger partial charge on any atom is 0.134 e. The zero-order valence-electron chi connectivity index (χ0n) is 9.51. The van der Waals surface area contributed by atoms with Crippen LogP contribution >= 0.6 is 0 Å². The van der Waals surface area contributed by atoms with Gasteiger partial charge in [-0.2, -0.15) is 0 Å². The molecule has 3 rings (SSSR count). The maximum absolute atomic E-state index is 13.1. The van der Waals surface area contributed by atoms with Gasteiger partial charge in [-0.05, 0) is 35.9 Å². The van der Waals surface area contributed by atoms with Crippen LogP contribution in [-0.2, 0) is 0 Å². The molecule has 0 radical (unpaired) electrons. The van der Waals surface area contributed by atoms with E-state index in [0.29, 0.717) is 16.7 Å². The van der Waals surface area contributed by atoms with Crippen LogP contribution in [0.1, 0.15) is 17.4 Å². The number of aromatic nitrogens is 1. The molecule has 1 atom stereocenters. The highest BCUT2D eigenvalue weighted by Crippen LogP contribution is 2.26. The van der Waals surface area contributed by atoms with E-state index in [1.54, 1.807) is 24.5 Å². The summed E-state index contributed by atoms with van der Waals surface area (Å²) in [5.74, 6) is 0.313. The van der Waals surface area contributed by atoms with E-state index in [2.05, 4.69) is 4.98 Å². The van der Waals surface area contributed by atoms with Crippen LogP contribution < -0.4 is 5.73 Å². The highest BCUT2D eigenvalue weighted by atomic mass is 19.1. The molecule has 1 aromatic carbocycles. The number of pyridine rings is 1. The molecule has 0 spiro atoms. The summed E-state index contributed by atoms with van der Waals surface area (Å²) in [5.41, 5.74) is 7.58. The summed E-state index contributed by atoms with van der Waals surface area (Å²) in [7, 11) is 0. The van der Waals surface area contributed by atoms with Crippen molar-refractivity contribution in [3.8, 4) is 0 Å². The number of fused-ring (bicyclic) bond motifs is 1. The molecule has 18 heavy (non-hydrogen) atoms. The maximum atomic E-state index is 13.1. The smallest absolute Gasteiger partial charge is 0.134 e. The van der Waals surface area contributed by atoms with Gasteiger partial charge in [0.2, 0.25) is 0 Å². The van der Waals surface area contributed by atoms with Gasteiger partial charge in [-0.3, -0.25) is 4.98 Å². The van der Waals surface area contributed by atoms with Crippen LogP contribution in [0.25, 0.3) is 11.0 Å². The van der Waals surface area contributed by atoms with E-state index >= 15 is 0 Å². The van der Waals surface area contributed by atoms with E-state index in [-0.39, 0.29) is 5.82 Å². The van der Waals surface area contributed by atoms with Crippen LogP contribution in [0.4, 0.5) is 4.39 Å². The molecule has 0 aliphatic carbocycles. The van der Waals surface area contributed by atoms with Crippen molar-refractivity contribution in [3.05, 3.63) is 65.9 Å². The van der Waals surface area contributed by atoms with E-state index in [0.717, 1.165) is 5.56 Å². The Morgan fingerprint density at radius 2 is 2.11 bits per heavy atom. The number of hydrogen-bond acceptors (Lipinski definition) is 3. The third-order valence-corrected chi connectivity index (χ3v) is 2.85. The Morgan fingerprint density at radius 3 is 2.89 bits per heavy atom. The molecule has 1 unspecified atom stereocenters. The van der Waals surface area contributed by atoms with Gasteiger partial charge in [0.15, 0.2) is 0 Å². The molecular weight excluding hydrogens is 231 g/mol. The van der Waals surface area contributed by atoms with Crippen molar-refractivity contribution in [3.63, 3.8) is 0 Å². The van der Waals surface area contributed by atoms with Gasteiger partial charge >= 0.3 is 0 Å². The largest absolute Gasteiger partial charge is 0.459 e. The SMILES string of the molecule is NC(c1cccnc1)c1cc2cc(F)ccc2o1. The predicted molar refractivity (Wildman–Crippen MR) is 66.4 cm³/mol. The van der Waals surface area contributed by atoms with Gasteiger partial charge in [0.25, 0.3) is 0 Å². The molecule has 0 bridgehead atoms. The molecule has 90 valence electrons. The van der Waals surface area contributed by atoms with Crippen LogP contribution in [0.5, 0.6) is 0 Å². The first kappa shape index (κ1) is 10.9. The fourth-order valence-electron chi connectivity index (χ4n) is 1.91. The second-order valence-corrected chi connectivity index (χ2v) is 4.09. The normalized spacial score (nSPS) is 12.8. The first-order chi connectivity index (χ1) is 8.74. The molecule has 3 nitrogen and oxygen atoms in total. The summed E-state index contributed by atoms with van der Waals surface area (Å²) in [6.07, 6.45) is 3.38. The Hall–Kier alpha value is -2.20. The number of hydrogen-bond donors (Lipinski definition) is 1. The van der Waals surface area contributed by atoms with Gasteiger partial charge in [0.05, 0.1) is 6.04 Å². The first-order valence-corrected chi connectivity index (χ1v) is 5.58. The van der Waals surface area contributed by atoms with Gasteiger partial charge in [-0.15, -0.1) is 0 Å². The number of benzene rings is 1. The fourth-order valence-corrected chi connectivity index (χ4v) is 1.91. The van der Waals surface area contributed by atoms with Gasteiger partial charge in [-0.1, -0.05) is 6.07 Å². The monoisotopic (exact) mass is 242 g/mol. The van der Waals surface area contributed by atoms with Crippen molar-refractivity contribution < 1.29 is 8.81 Å². The molecular formula is C14H11FN2O. The standard InChI is InChI=1S/C14H11FN2O/c15-11-3-4-12-10(6-11)7-13(18-12)14(16)9-2-1-5-17-8-9/h1-8,14H,16H2. The predicted octanol–water partition coefficient (Wildman–Crippen LogP) is 3.02. The highest BCUT2D eigenvalue weighted by Gasteiger charge is 2.14. The summed E-state index contributed by atoms with van der Waals surface area (Å²) in [4.78, 5) is 4.02. The highest BCUT2D eigenvalue weighted by molar-refractivity contribution is 5.78. The average molecular weight is 242 g/mol. The average Bonchev–Trinajstić information content (AvgIpc) is 2.81. The minimum atomic E-state index is -0.394. The molecule has 0 amide bonds. The molecule has 2 heterocycles. The summed E-state index contributed by atoms with van der Waals surface area (Å²) in [5, 5.41) is 0.712. The molecule has 0 aliphatic rings. The minimum Gasteiger partial charge on any atom is -0.459 e. The van der Waals surface area contributed by atoms with Crippen molar-refractivity contribution in [1.82, 2.24) is 4.98 Å². The Balaban J connectivity index is 2.04. The molecule has 2 aromatic heterocycles. The van der Waals surface area contributed by atoms with Crippen LogP contribution in [0.15, 0.2) is 53.2 Å². The van der Waals surface area contributed by atoms with E-state index in [4.69, 9.17) is 10.2 Å². The second kappa shape index (κ2) is 4.23. The van der Waals surface area contributed by atoms with Crippen LogP contribution in [-0.4, -0.2) is 4.98 Å². The van der Waals surface area contributed by atoms with E-state index in [1.807, 2.05) is 12.1 Å². The second-order valence-electron chi connectivity index (χ2n) is 4.09. The Labute approximate surface area is 103 Å². The Kier molecular flexibility index (Phi) is 2.57. The van der Waals surface area contributed by atoms with Gasteiger partial charge in [0.1, 0.15) is 17.2 Å². The lowest BCUT2D eigenvalue weighted by Crippen LogP contribution is -2.10. The van der Waals surface area contributed by atoms with Gasteiger partial charge < -0.3 is 10.2 Å². The zero-order chi connectivity index (χ0) is 12.5. The topological polar surface area (TPSA) is 52.0 Å². The van der Waals surface area contributed by atoms with E-state index < -0.39 is 6.04 Å². The fraction of sp³-hybridized carbons (Fsp3) is 0.0714. The van der Waals surface area contributed by atoms with Crippen molar-refractivity contribution in [2.75, 3.05) is 0 Å². The third kappa shape index (κ3) is 1.87. The lowest BCUT2D eigenvalue weighted by atomic mass is 10.1. The Morgan fingerprint density at radius 1 is 1.22 bits per heavy atom. The minimum absolute atomic E-state index is 0.287. The summed E-state index contributed by atoms with van der Waals surface area (Å²) in [6.45, 7) is 0. The van der Waals surface area contributed by atoms with Gasteiger partial charge in [0, 0.05) is 17.8 Å². The molecule has 4 heteroatoms. The molecule has 3 aromatic rings. The number of rotatable bonds is 2. The third-order valence-electron chi connectivity index (χ3n) is 2.85. The van der Waals surface area contributed by atoms with Crippen LogP contribution in [0.2, 0.25) is 0 Å². The number of nitrogens with zero attached hydrogens (tertiary/aromatic N) is 1. The first-order valence-electron chi connectivity index (χ1n) is 5.58. The quantitative estimate of drug-likeness (QED) is 0.751. The van der Waals surface area contributed by atoms with Crippen molar-refractivity contribution in [2.24, 2.45) is 5.73 Å². The molecule has 2 N–H and O–H groups in total. The summed E-state index contributed by atoms with van der Waals surface area (Å²) < 4.78 is 18.7. The van der Waals surface area contributed by atoms with Gasteiger partial charge in [-0.25, -0.2) is 4.39 Å². The number of furan rings is 1. The molecule has 0 fully saturated rings. The number of halogens is 1. The lowest BCUT2D eigenvalue weighted by molar-refractivity contribution is 0.524. The number of nitrogens with two attached hydrogens (primary N) is 1. The Bertz CT molecular complexity index is 679. The van der Waals surface area contributed by atoms with E-state index in [9.17, 15) is 4.39 Å². The lowest BCUT2D eigenvalue weighted by Gasteiger charge is -2.07. The van der Waals surface area contributed by atoms with E-state index in [1.165, 1.54) is 12.1 Å².